The first-order valence-electron chi connectivity index (χ1n) is 5.19. The highest BCUT2D eigenvalue weighted by atomic mass is 16.5. The van der Waals surface area contributed by atoms with Gasteiger partial charge in [0.25, 0.3) is 5.97 Å². The molecule has 0 aromatic heterocycles. The van der Waals surface area contributed by atoms with Gasteiger partial charge >= 0.3 is 5.97 Å². The van der Waals surface area contributed by atoms with Crippen LogP contribution in [0.15, 0.2) is 13.2 Å². The van der Waals surface area contributed by atoms with Crippen LogP contribution < -0.4 is 0 Å². The summed E-state index contributed by atoms with van der Waals surface area (Å²) >= 11 is 0. The predicted octanol–water partition coefficient (Wildman–Crippen LogP) is 2.73. The third-order valence-electron chi connectivity index (χ3n) is 0.287. The Hall–Kier alpha value is -1.36. The third kappa shape index (κ3) is 5710. The quantitative estimate of drug-likeness (QED) is 0.513. The molecule has 0 fully saturated rings. The Morgan fingerprint density at radius 3 is 1.00 bits per heavy atom. The Kier molecular flexibility index (Phi) is 182. The minimum Gasteiger partial charge on any atom is -0.481 e. The van der Waals surface area contributed by atoms with Crippen molar-refractivity contribution >= 4 is 11.9 Å². The van der Waals surface area contributed by atoms with Gasteiger partial charge in [-0.2, -0.15) is 0 Å². The molecule has 17 heavy (non-hydrogen) atoms. The van der Waals surface area contributed by atoms with Crippen LogP contribution >= 0.6 is 0 Å². The van der Waals surface area contributed by atoms with Crippen molar-refractivity contribution in [3.8, 4) is 0 Å². The molecule has 0 aliphatic heterocycles. The van der Waals surface area contributed by atoms with Crippen molar-refractivity contribution in [2.45, 2.75) is 41.5 Å². The molecule has 0 rings (SSSR count). The van der Waals surface area contributed by atoms with Crippen LogP contribution in [0.25, 0.3) is 0 Å². The summed E-state index contributed by atoms with van der Waals surface area (Å²) in [7, 11) is 2.35. The number of aliphatic carboxylic acids is 1. The lowest BCUT2D eigenvalue weighted by atomic mass is 10.8. The molecule has 0 aliphatic carbocycles. The molecule has 0 saturated carbocycles. The Morgan fingerprint density at radius 2 is 1.00 bits per heavy atom. The van der Waals surface area contributed by atoms with E-state index in [1.807, 2.05) is 27.7 Å². The molecule has 0 aromatic rings. The third-order valence-corrected chi connectivity index (χ3v) is 0.287. The fourth-order valence-electron chi connectivity index (χ4n) is 0. The summed E-state index contributed by atoms with van der Waals surface area (Å²) < 4.78 is 4.11. The first-order chi connectivity index (χ1) is 8.00. The molecule has 0 atom stereocenters. The van der Waals surface area contributed by atoms with E-state index in [1.54, 1.807) is 0 Å². The van der Waals surface area contributed by atoms with Gasteiger partial charge in [0, 0.05) is 21.0 Å². The highest BCUT2D eigenvalue weighted by Gasteiger charge is 1.75. The fourth-order valence-corrected chi connectivity index (χ4v) is 0. The molecular formula is C12H30O5. The number of methoxy groups -OCH3 is 1. The minimum atomic E-state index is -0.833. The van der Waals surface area contributed by atoms with E-state index in [0.29, 0.717) is 0 Å². The van der Waals surface area contributed by atoms with Crippen LogP contribution in [-0.4, -0.2) is 36.4 Å². The summed E-state index contributed by atoms with van der Waals surface area (Å²) in [6.07, 6.45) is 0. The Labute approximate surface area is 106 Å². The number of hydrogen-bond acceptors (Lipinski definition) is 4. The molecule has 0 amide bonds. The molecule has 5 nitrogen and oxygen atoms in total. The van der Waals surface area contributed by atoms with Crippen molar-refractivity contribution in [2.75, 3.05) is 14.2 Å². The van der Waals surface area contributed by atoms with Gasteiger partial charge in [-0.05, 0) is 0 Å². The number of aliphatic hydroxyl groups is 1. The zero-order valence-electron chi connectivity index (χ0n) is 12.5. The summed E-state index contributed by atoms with van der Waals surface area (Å²) in [4.78, 5) is 18.6. The smallest absolute Gasteiger partial charge is 0.302 e. The minimum absolute atomic E-state index is 0.245. The molecule has 0 spiro atoms. The lowest BCUT2D eigenvalue weighted by Gasteiger charge is -1.80. The number of rotatable bonds is 0. The molecule has 0 radical (unpaired) electrons. The maximum atomic E-state index is 9.59. The average Bonchev–Trinajstić information content (AvgIpc) is 2.38. The number of carboxylic acid groups (broad SMARTS) is 1. The Bertz CT molecular complexity index is 109. The van der Waals surface area contributed by atoms with Crippen molar-refractivity contribution in [3.63, 3.8) is 0 Å². The van der Waals surface area contributed by atoms with E-state index in [2.05, 4.69) is 17.9 Å². The van der Waals surface area contributed by atoms with Crippen molar-refractivity contribution < 1.29 is 24.5 Å². The van der Waals surface area contributed by atoms with Gasteiger partial charge in [-0.3, -0.25) is 9.59 Å². The monoisotopic (exact) mass is 254 g/mol. The van der Waals surface area contributed by atoms with Crippen LogP contribution in [0.2, 0.25) is 0 Å². The second-order valence-corrected chi connectivity index (χ2v) is 1.21. The number of esters is 1. The second-order valence-electron chi connectivity index (χ2n) is 1.21. The lowest BCUT2D eigenvalue weighted by molar-refractivity contribution is -0.138. The van der Waals surface area contributed by atoms with Gasteiger partial charge in [-0.1, -0.05) is 27.7 Å². The van der Waals surface area contributed by atoms with Crippen LogP contribution in [0, 0.1) is 0 Å². The molecule has 2 N–H and O–H groups in total. The van der Waals surface area contributed by atoms with Gasteiger partial charge in [0.05, 0.1) is 7.11 Å². The molecule has 108 valence electrons. The topological polar surface area (TPSA) is 83.8 Å². The first-order valence-corrected chi connectivity index (χ1v) is 5.19. The van der Waals surface area contributed by atoms with E-state index in [9.17, 15) is 4.79 Å². The maximum Gasteiger partial charge on any atom is 0.302 e. The summed E-state index contributed by atoms with van der Waals surface area (Å²) in [5.74, 6) is -1.08. The van der Waals surface area contributed by atoms with Gasteiger partial charge in [0.1, 0.15) is 0 Å². The van der Waals surface area contributed by atoms with E-state index < -0.39 is 5.97 Å². The van der Waals surface area contributed by atoms with Crippen LogP contribution in [0.1, 0.15) is 41.5 Å². The Morgan fingerprint density at radius 1 is 0.941 bits per heavy atom. The molecule has 0 unspecified atom stereocenters. The van der Waals surface area contributed by atoms with Crippen LogP contribution in [-0.2, 0) is 14.3 Å². The van der Waals surface area contributed by atoms with E-state index >= 15 is 0 Å². The summed E-state index contributed by atoms with van der Waals surface area (Å²) in [6, 6.07) is 0. The second kappa shape index (κ2) is 85.6. The number of hydrogen-bond donors (Lipinski definition) is 2. The Balaban J connectivity index is -0.0000000228. The lowest BCUT2D eigenvalue weighted by Crippen LogP contribution is -1.88. The molecule has 0 heterocycles. The van der Waals surface area contributed by atoms with Gasteiger partial charge < -0.3 is 14.9 Å². The highest BCUT2D eigenvalue weighted by Crippen LogP contribution is 1.60. The average molecular weight is 254 g/mol. The van der Waals surface area contributed by atoms with Crippen LogP contribution in [0.5, 0.6) is 0 Å². The molecule has 0 aromatic carbocycles. The molecule has 0 saturated heterocycles. The SMILES string of the molecule is C=C.CC.CC.CC(=O)O.CO.COC(C)=O. The molecule has 0 bridgehead atoms. The van der Waals surface area contributed by atoms with E-state index in [-0.39, 0.29) is 5.97 Å². The first kappa shape index (κ1) is 36.1. The highest BCUT2D eigenvalue weighted by molar-refractivity contribution is 5.65. The van der Waals surface area contributed by atoms with Crippen LogP contribution in [0.3, 0.4) is 0 Å². The number of aliphatic hydroxyl groups excluding tert-OH is 1. The maximum absolute atomic E-state index is 9.59. The van der Waals surface area contributed by atoms with E-state index in [4.69, 9.17) is 15.0 Å². The summed E-state index contributed by atoms with van der Waals surface area (Å²) in [6.45, 7) is 16.4. The van der Waals surface area contributed by atoms with Crippen molar-refractivity contribution in [1.82, 2.24) is 0 Å². The summed E-state index contributed by atoms with van der Waals surface area (Å²) in [5, 5.41) is 14.4. The normalized spacial score (nSPS) is 4.76. The van der Waals surface area contributed by atoms with Gasteiger partial charge in [-0.25, -0.2) is 0 Å². The number of carbonyl (C=O) groups is 2. The molecule has 5 heteroatoms. The van der Waals surface area contributed by atoms with E-state index in [1.165, 1.54) is 14.0 Å². The van der Waals surface area contributed by atoms with Crippen molar-refractivity contribution in [3.05, 3.63) is 13.2 Å². The molecular weight excluding hydrogens is 224 g/mol. The van der Waals surface area contributed by atoms with Gasteiger partial charge in [-0.15, -0.1) is 13.2 Å². The van der Waals surface area contributed by atoms with Crippen LogP contribution in [0.4, 0.5) is 0 Å². The standard InChI is InChI=1S/C3H6O2.C2H4O2.2C2H6.C2H4.CH4O/c1-3(4)5-2;1-2(3)4;4*1-2/h1-2H3;1H3,(H,3,4);2*1-2H3;1-2H2;2H,1H3. The summed E-state index contributed by atoms with van der Waals surface area (Å²) in [5.41, 5.74) is 0. The number of carboxylic acids is 1. The number of carbonyl (C=O) groups excluding carboxylic acids is 1. The largest absolute Gasteiger partial charge is 0.481 e. The number of ether oxygens (including phenoxy) is 1. The van der Waals surface area contributed by atoms with Crippen molar-refractivity contribution in [2.24, 2.45) is 0 Å². The van der Waals surface area contributed by atoms with Gasteiger partial charge in [0.15, 0.2) is 0 Å². The van der Waals surface area contributed by atoms with E-state index in [0.717, 1.165) is 14.0 Å². The fraction of sp³-hybridized carbons (Fsp3) is 0.667. The van der Waals surface area contributed by atoms with Crippen molar-refractivity contribution in [1.29, 1.82) is 0 Å². The zero-order chi connectivity index (χ0) is 15.9. The van der Waals surface area contributed by atoms with Gasteiger partial charge in [0.2, 0.25) is 0 Å². The molecule has 0 aliphatic rings. The zero-order valence-corrected chi connectivity index (χ0v) is 12.5. The predicted molar refractivity (Wildman–Crippen MR) is 73.1 cm³/mol.